The highest BCUT2D eigenvalue weighted by Crippen LogP contribution is 2.46. The topological polar surface area (TPSA) is 17.1 Å². The molecule has 0 aliphatic heterocycles. The number of carbonyl (C=O) groups is 1. The summed E-state index contributed by atoms with van der Waals surface area (Å²) in [5.41, 5.74) is -0.924. The van der Waals surface area contributed by atoms with Gasteiger partial charge in [0.05, 0.1) is 0 Å². The van der Waals surface area contributed by atoms with Gasteiger partial charge in [0, 0.05) is 5.56 Å². The van der Waals surface area contributed by atoms with Gasteiger partial charge in [-0.25, -0.2) is 0 Å². The van der Waals surface area contributed by atoms with Crippen molar-refractivity contribution in [3.63, 3.8) is 0 Å². The molecule has 0 bridgehead atoms. The number of benzene rings is 1. The zero-order chi connectivity index (χ0) is 13.3. The maximum Gasteiger partial charge on any atom is 0.404 e. The molecule has 1 rings (SSSR count). The number of halogens is 6. The SMILES string of the molecule is O=Cc1ccc(C(C(F)(F)F)C(F)(F)F)cc1. The van der Waals surface area contributed by atoms with E-state index in [0.717, 1.165) is 12.1 Å². The predicted molar refractivity (Wildman–Crippen MR) is 46.7 cm³/mol. The van der Waals surface area contributed by atoms with Gasteiger partial charge in [0.15, 0.2) is 5.92 Å². The van der Waals surface area contributed by atoms with E-state index in [9.17, 15) is 31.1 Å². The van der Waals surface area contributed by atoms with Gasteiger partial charge in [-0.1, -0.05) is 24.3 Å². The Bertz CT molecular complexity index is 375. The highest BCUT2D eigenvalue weighted by atomic mass is 19.4. The van der Waals surface area contributed by atoms with E-state index in [1.807, 2.05) is 0 Å². The summed E-state index contributed by atoms with van der Waals surface area (Å²) in [7, 11) is 0. The lowest BCUT2D eigenvalue weighted by molar-refractivity contribution is -0.253. The van der Waals surface area contributed by atoms with E-state index in [2.05, 4.69) is 0 Å². The molecule has 17 heavy (non-hydrogen) atoms. The third-order valence-corrected chi connectivity index (χ3v) is 2.06. The number of hydrogen-bond acceptors (Lipinski definition) is 1. The first-order valence-corrected chi connectivity index (χ1v) is 4.35. The average Bonchev–Trinajstić information content (AvgIpc) is 2.14. The Morgan fingerprint density at radius 2 is 1.29 bits per heavy atom. The van der Waals surface area contributed by atoms with Crippen molar-refractivity contribution in [1.29, 1.82) is 0 Å². The van der Waals surface area contributed by atoms with E-state index in [1.54, 1.807) is 0 Å². The van der Waals surface area contributed by atoms with Crippen molar-refractivity contribution < 1.29 is 31.1 Å². The molecular formula is C10H6F6O. The molecule has 0 atom stereocenters. The standard InChI is InChI=1S/C10H6F6O/c11-9(12,13)8(10(14,15)16)7-3-1-6(5-17)2-4-7/h1-5,8H. The predicted octanol–water partition coefficient (Wildman–Crippen LogP) is 3.71. The maximum absolute atomic E-state index is 12.3. The number of hydrogen-bond donors (Lipinski definition) is 0. The van der Waals surface area contributed by atoms with Gasteiger partial charge >= 0.3 is 12.4 Å². The number of aldehydes is 1. The highest BCUT2D eigenvalue weighted by Gasteiger charge is 2.57. The van der Waals surface area contributed by atoms with Crippen LogP contribution in [0.1, 0.15) is 21.8 Å². The fourth-order valence-electron chi connectivity index (χ4n) is 1.33. The van der Waals surface area contributed by atoms with Gasteiger partial charge in [-0.15, -0.1) is 0 Å². The molecule has 0 N–H and O–H groups in total. The lowest BCUT2D eigenvalue weighted by Gasteiger charge is -2.23. The van der Waals surface area contributed by atoms with E-state index in [1.165, 1.54) is 0 Å². The molecule has 0 spiro atoms. The summed E-state index contributed by atoms with van der Waals surface area (Å²) in [5, 5.41) is 0. The summed E-state index contributed by atoms with van der Waals surface area (Å²) in [6.07, 6.45) is -10.5. The minimum atomic E-state index is -5.42. The van der Waals surface area contributed by atoms with Crippen LogP contribution in [0, 0.1) is 0 Å². The fraction of sp³-hybridized carbons (Fsp3) is 0.300. The second kappa shape index (κ2) is 4.38. The summed E-state index contributed by atoms with van der Waals surface area (Å²) in [6, 6.07) is 3.12. The van der Waals surface area contributed by atoms with Crippen LogP contribution >= 0.6 is 0 Å². The van der Waals surface area contributed by atoms with Gasteiger partial charge < -0.3 is 0 Å². The van der Waals surface area contributed by atoms with Crippen molar-refractivity contribution in [3.05, 3.63) is 35.4 Å². The molecule has 0 saturated heterocycles. The van der Waals surface area contributed by atoms with Gasteiger partial charge in [-0.3, -0.25) is 4.79 Å². The summed E-state index contributed by atoms with van der Waals surface area (Å²) >= 11 is 0. The Kier molecular flexibility index (Phi) is 3.49. The van der Waals surface area contributed by atoms with Crippen LogP contribution in [-0.2, 0) is 0 Å². The zero-order valence-corrected chi connectivity index (χ0v) is 8.14. The van der Waals surface area contributed by atoms with E-state index in [4.69, 9.17) is 0 Å². The van der Waals surface area contributed by atoms with E-state index in [-0.39, 0.29) is 5.56 Å². The van der Waals surface area contributed by atoms with Crippen LogP contribution < -0.4 is 0 Å². The Labute approximate surface area is 92.0 Å². The van der Waals surface area contributed by atoms with Crippen molar-refractivity contribution in [2.75, 3.05) is 0 Å². The van der Waals surface area contributed by atoms with Crippen molar-refractivity contribution in [1.82, 2.24) is 0 Å². The van der Waals surface area contributed by atoms with Crippen molar-refractivity contribution in [3.8, 4) is 0 Å². The molecule has 1 aromatic rings. The van der Waals surface area contributed by atoms with Crippen LogP contribution in [0.3, 0.4) is 0 Å². The Morgan fingerprint density at radius 3 is 1.59 bits per heavy atom. The normalized spacial score (nSPS) is 12.9. The second-order valence-electron chi connectivity index (χ2n) is 3.30. The third-order valence-electron chi connectivity index (χ3n) is 2.06. The minimum Gasteiger partial charge on any atom is -0.298 e. The third kappa shape index (κ3) is 3.21. The summed E-state index contributed by atoms with van der Waals surface area (Å²) in [6.45, 7) is 0. The van der Waals surface area contributed by atoms with Crippen LogP contribution in [-0.4, -0.2) is 18.6 Å². The van der Waals surface area contributed by atoms with Gasteiger partial charge in [0.1, 0.15) is 6.29 Å². The van der Waals surface area contributed by atoms with Gasteiger partial charge in [-0.05, 0) is 5.56 Å². The summed E-state index contributed by atoms with van der Waals surface area (Å²) in [5.74, 6) is -3.53. The zero-order valence-electron chi connectivity index (χ0n) is 8.14. The molecule has 0 aliphatic rings. The Balaban J connectivity index is 3.19. The number of alkyl halides is 6. The molecule has 94 valence electrons. The van der Waals surface area contributed by atoms with E-state index >= 15 is 0 Å². The van der Waals surface area contributed by atoms with Crippen LogP contribution in [0.5, 0.6) is 0 Å². The molecule has 0 fully saturated rings. The Morgan fingerprint density at radius 1 is 0.882 bits per heavy atom. The van der Waals surface area contributed by atoms with E-state index in [0.29, 0.717) is 18.4 Å². The summed E-state index contributed by atoms with van der Waals surface area (Å²) < 4.78 is 73.8. The lowest BCUT2D eigenvalue weighted by atomic mass is 9.97. The highest BCUT2D eigenvalue weighted by molar-refractivity contribution is 5.74. The molecule has 0 heterocycles. The maximum atomic E-state index is 12.3. The first-order chi connectivity index (χ1) is 7.66. The number of rotatable bonds is 2. The van der Waals surface area contributed by atoms with E-state index < -0.39 is 23.8 Å². The largest absolute Gasteiger partial charge is 0.404 e. The number of carbonyl (C=O) groups excluding carboxylic acids is 1. The fourth-order valence-corrected chi connectivity index (χ4v) is 1.33. The van der Waals surface area contributed by atoms with Crippen molar-refractivity contribution in [2.24, 2.45) is 0 Å². The van der Waals surface area contributed by atoms with Crippen LogP contribution in [0.25, 0.3) is 0 Å². The molecule has 0 aliphatic carbocycles. The molecule has 0 radical (unpaired) electrons. The first kappa shape index (κ1) is 13.5. The molecule has 0 saturated carbocycles. The molecule has 0 unspecified atom stereocenters. The molecule has 0 aromatic heterocycles. The second-order valence-corrected chi connectivity index (χ2v) is 3.30. The minimum absolute atomic E-state index is 0.0110. The molecular weight excluding hydrogens is 250 g/mol. The monoisotopic (exact) mass is 256 g/mol. The lowest BCUT2D eigenvalue weighted by Crippen LogP contribution is -2.34. The van der Waals surface area contributed by atoms with Crippen LogP contribution in [0.4, 0.5) is 26.3 Å². The summed E-state index contributed by atoms with van der Waals surface area (Å²) in [4.78, 5) is 10.2. The molecule has 1 aromatic carbocycles. The molecule has 7 heteroatoms. The Hall–Kier alpha value is -1.53. The quantitative estimate of drug-likeness (QED) is 0.582. The molecule has 0 amide bonds. The van der Waals surface area contributed by atoms with Crippen LogP contribution in [0.15, 0.2) is 24.3 Å². The first-order valence-electron chi connectivity index (χ1n) is 4.35. The van der Waals surface area contributed by atoms with Gasteiger partial charge in [-0.2, -0.15) is 26.3 Å². The average molecular weight is 256 g/mol. The van der Waals surface area contributed by atoms with Gasteiger partial charge in [0.2, 0.25) is 0 Å². The van der Waals surface area contributed by atoms with Crippen LogP contribution in [0.2, 0.25) is 0 Å². The van der Waals surface area contributed by atoms with Gasteiger partial charge in [0.25, 0.3) is 0 Å². The smallest absolute Gasteiger partial charge is 0.298 e. The van der Waals surface area contributed by atoms with Crippen molar-refractivity contribution >= 4 is 6.29 Å². The molecule has 1 nitrogen and oxygen atoms in total. The van der Waals surface area contributed by atoms with Crippen molar-refractivity contribution in [2.45, 2.75) is 18.3 Å².